The van der Waals surface area contributed by atoms with E-state index in [1.165, 1.54) is 12.1 Å². The van der Waals surface area contributed by atoms with Gasteiger partial charge in [0.25, 0.3) is 0 Å². The number of halogens is 3. The van der Waals surface area contributed by atoms with Gasteiger partial charge in [-0.3, -0.25) is 0 Å². The topological polar surface area (TPSA) is 55.5 Å². The monoisotopic (exact) mass is 277 g/mol. The van der Waals surface area contributed by atoms with E-state index in [1.54, 1.807) is 0 Å². The van der Waals surface area contributed by atoms with Crippen LogP contribution in [0.25, 0.3) is 0 Å². The molecule has 0 bridgehead atoms. The highest BCUT2D eigenvalue weighted by Crippen LogP contribution is 2.36. The van der Waals surface area contributed by atoms with Crippen LogP contribution in [0, 0.1) is 0 Å². The lowest BCUT2D eigenvalue weighted by Gasteiger charge is -2.15. The number of hydrogen-bond donors (Lipinski definition) is 2. The minimum atomic E-state index is -4.45. The highest BCUT2D eigenvalue weighted by molar-refractivity contribution is 5.39. The first kappa shape index (κ1) is 15.8. The van der Waals surface area contributed by atoms with Gasteiger partial charge in [0.2, 0.25) is 0 Å². The van der Waals surface area contributed by atoms with Crippen LogP contribution >= 0.6 is 0 Å². The second-order valence-corrected chi connectivity index (χ2v) is 4.17. The summed E-state index contributed by atoms with van der Waals surface area (Å²) in [5, 5.41) is 8.59. The molecule has 1 aromatic rings. The Hall–Kier alpha value is -1.27. The molecule has 0 radical (unpaired) electrons. The molecule has 0 amide bonds. The van der Waals surface area contributed by atoms with Crippen LogP contribution < -0.4 is 10.5 Å². The van der Waals surface area contributed by atoms with Crippen LogP contribution in [0.1, 0.15) is 30.4 Å². The van der Waals surface area contributed by atoms with E-state index in [4.69, 9.17) is 15.6 Å². The summed E-state index contributed by atoms with van der Waals surface area (Å²) in [6.07, 6.45) is -2.50. The third-order valence-corrected chi connectivity index (χ3v) is 2.65. The summed E-state index contributed by atoms with van der Waals surface area (Å²) >= 11 is 0. The van der Waals surface area contributed by atoms with Crippen molar-refractivity contribution < 1.29 is 23.0 Å². The lowest BCUT2D eigenvalue weighted by Crippen LogP contribution is -2.11. The number of alkyl halides is 3. The molecule has 1 aromatic carbocycles. The molecular weight excluding hydrogens is 259 g/mol. The van der Waals surface area contributed by atoms with Crippen LogP contribution in [0.2, 0.25) is 0 Å². The summed E-state index contributed by atoms with van der Waals surface area (Å²) in [5.41, 5.74) is 4.96. The number of rotatable bonds is 7. The Labute approximate surface area is 110 Å². The molecule has 3 nitrogen and oxygen atoms in total. The summed E-state index contributed by atoms with van der Waals surface area (Å²) in [6, 6.07) is 3.85. The van der Waals surface area contributed by atoms with Gasteiger partial charge in [-0.1, -0.05) is 6.07 Å². The largest absolute Gasteiger partial charge is 0.493 e. The van der Waals surface area contributed by atoms with Gasteiger partial charge in [-0.25, -0.2) is 0 Å². The van der Waals surface area contributed by atoms with Crippen molar-refractivity contribution in [2.24, 2.45) is 5.73 Å². The van der Waals surface area contributed by atoms with Gasteiger partial charge >= 0.3 is 6.18 Å². The molecule has 6 heteroatoms. The van der Waals surface area contributed by atoms with E-state index in [0.717, 1.165) is 12.5 Å². The zero-order chi connectivity index (χ0) is 14.3. The lowest BCUT2D eigenvalue weighted by atomic mass is 10.1. The van der Waals surface area contributed by atoms with Crippen LogP contribution in [0.4, 0.5) is 13.2 Å². The molecule has 0 fully saturated rings. The number of ether oxygens (including phenoxy) is 1. The molecule has 0 aromatic heterocycles. The Bertz CT molecular complexity index is 394. The summed E-state index contributed by atoms with van der Waals surface area (Å²) < 4.78 is 43.7. The Morgan fingerprint density at radius 1 is 1.16 bits per heavy atom. The maximum atomic E-state index is 12.8. The number of nitrogens with two attached hydrogens (primary N) is 1. The number of hydrogen-bond acceptors (Lipinski definition) is 3. The standard InChI is InChI=1S/C13H18F3NO2/c14-13(15,16)11-8-10(9-17)4-5-12(11)19-7-3-1-2-6-18/h4-5,8,18H,1-3,6-7,9,17H2. The molecule has 1 rings (SSSR count). The first-order valence-corrected chi connectivity index (χ1v) is 6.13. The lowest BCUT2D eigenvalue weighted by molar-refractivity contribution is -0.139. The minimum Gasteiger partial charge on any atom is -0.493 e. The maximum Gasteiger partial charge on any atom is 0.419 e. The smallest absolute Gasteiger partial charge is 0.419 e. The average molecular weight is 277 g/mol. The predicted octanol–water partition coefficient (Wildman–Crippen LogP) is 2.71. The number of benzene rings is 1. The summed E-state index contributed by atoms with van der Waals surface area (Å²) in [7, 11) is 0. The van der Waals surface area contributed by atoms with Crippen LogP contribution in [0.15, 0.2) is 18.2 Å². The molecular formula is C13H18F3NO2. The molecule has 0 aliphatic carbocycles. The molecule has 3 N–H and O–H groups in total. The van der Waals surface area contributed by atoms with Gasteiger partial charge in [-0.2, -0.15) is 13.2 Å². The zero-order valence-corrected chi connectivity index (χ0v) is 10.5. The summed E-state index contributed by atoms with van der Waals surface area (Å²) in [6.45, 7) is 0.337. The van der Waals surface area contributed by atoms with E-state index in [-0.39, 0.29) is 25.5 Å². The third-order valence-electron chi connectivity index (χ3n) is 2.65. The van der Waals surface area contributed by atoms with Crippen LogP contribution in [-0.2, 0) is 12.7 Å². The average Bonchev–Trinajstić information content (AvgIpc) is 2.37. The maximum absolute atomic E-state index is 12.8. The molecule has 19 heavy (non-hydrogen) atoms. The van der Waals surface area contributed by atoms with Crippen LogP contribution in [0.5, 0.6) is 5.75 Å². The van der Waals surface area contributed by atoms with E-state index in [2.05, 4.69) is 0 Å². The van der Waals surface area contributed by atoms with Crippen molar-refractivity contribution in [2.45, 2.75) is 32.0 Å². The van der Waals surface area contributed by atoms with E-state index in [1.807, 2.05) is 0 Å². The summed E-state index contributed by atoms with van der Waals surface area (Å²) in [5.74, 6) is -0.173. The van der Waals surface area contributed by atoms with Gasteiger partial charge < -0.3 is 15.6 Å². The highest BCUT2D eigenvalue weighted by atomic mass is 19.4. The minimum absolute atomic E-state index is 0.0554. The highest BCUT2D eigenvalue weighted by Gasteiger charge is 2.34. The van der Waals surface area contributed by atoms with Crippen molar-refractivity contribution >= 4 is 0 Å². The Morgan fingerprint density at radius 2 is 1.89 bits per heavy atom. The number of aliphatic hydroxyl groups excluding tert-OH is 1. The fraction of sp³-hybridized carbons (Fsp3) is 0.538. The Balaban J connectivity index is 2.71. The quantitative estimate of drug-likeness (QED) is 0.753. The van der Waals surface area contributed by atoms with Crippen molar-refractivity contribution in [1.82, 2.24) is 0 Å². The Morgan fingerprint density at radius 3 is 2.47 bits per heavy atom. The second kappa shape index (κ2) is 7.35. The van der Waals surface area contributed by atoms with Gasteiger partial charge in [0.1, 0.15) is 5.75 Å². The van der Waals surface area contributed by atoms with Crippen molar-refractivity contribution in [2.75, 3.05) is 13.2 Å². The Kier molecular flexibility index (Phi) is 6.11. The van der Waals surface area contributed by atoms with Crippen molar-refractivity contribution in [3.05, 3.63) is 29.3 Å². The van der Waals surface area contributed by atoms with Gasteiger partial charge in [0.05, 0.1) is 12.2 Å². The molecule has 0 atom stereocenters. The first-order valence-electron chi connectivity index (χ1n) is 6.13. The van der Waals surface area contributed by atoms with Gasteiger partial charge in [0.15, 0.2) is 0 Å². The second-order valence-electron chi connectivity index (χ2n) is 4.17. The van der Waals surface area contributed by atoms with Gasteiger partial charge in [0, 0.05) is 13.2 Å². The van der Waals surface area contributed by atoms with Crippen molar-refractivity contribution in [1.29, 1.82) is 0 Å². The van der Waals surface area contributed by atoms with Crippen molar-refractivity contribution in [3.63, 3.8) is 0 Å². The molecule has 0 saturated carbocycles. The molecule has 0 aliphatic rings. The number of aliphatic hydroxyl groups is 1. The van der Waals surface area contributed by atoms with Crippen LogP contribution in [-0.4, -0.2) is 18.3 Å². The van der Waals surface area contributed by atoms with Crippen molar-refractivity contribution in [3.8, 4) is 5.75 Å². The normalized spacial score (nSPS) is 11.6. The van der Waals surface area contributed by atoms with E-state index >= 15 is 0 Å². The molecule has 0 aliphatic heterocycles. The van der Waals surface area contributed by atoms with E-state index < -0.39 is 11.7 Å². The molecule has 0 saturated heterocycles. The van der Waals surface area contributed by atoms with Gasteiger partial charge in [-0.05, 0) is 37.0 Å². The van der Waals surface area contributed by atoms with Crippen LogP contribution in [0.3, 0.4) is 0 Å². The predicted molar refractivity (Wildman–Crippen MR) is 65.8 cm³/mol. The van der Waals surface area contributed by atoms with E-state index in [0.29, 0.717) is 18.4 Å². The number of unbranched alkanes of at least 4 members (excludes halogenated alkanes) is 2. The third kappa shape index (κ3) is 5.08. The first-order chi connectivity index (χ1) is 8.99. The zero-order valence-electron chi connectivity index (χ0n) is 10.5. The molecule has 108 valence electrons. The van der Waals surface area contributed by atoms with E-state index in [9.17, 15) is 13.2 Å². The molecule has 0 spiro atoms. The summed E-state index contributed by atoms with van der Waals surface area (Å²) in [4.78, 5) is 0. The fourth-order valence-corrected chi connectivity index (χ4v) is 1.62. The fourth-order valence-electron chi connectivity index (χ4n) is 1.62. The van der Waals surface area contributed by atoms with Gasteiger partial charge in [-0.15, -0.1) is 0 Å². The SMILES string of the molecule is NCc1ccc(OCCCCCO)c(C(F)(F)F)c1. The molecule has 0 heterocycles. The molecule has 0 unspecified atom stereocenters.